The number of rotatable bonds is 3. The second-order valence-electron chi connectivity index (χ2n) is 4.10. The monoisotopic (exact) mass is 255 g/mol. The summed E-state index contributed by atoms with van der Waals surface area (Å²) in [6, 6.07) is 7.77. The summed E-state index contributed by atoms with van der Waals surface area (Å²) >= 11 is 0. The zero-order valence-corrected chi connectivity index (χ0v) is 10.5. The summed E-state index contributed by atoms with van der Waals surface area (Å²) in [5.41, 5.74) is 2.03. The topological polar surface area (TPSA) is 40.6 Å². The van der Waals surface area contributed by atoms with Gasteiger partial charge in [0.1, 0.15) is 5.75 Å². The van der Waals surface area contributed by atoms with Gasteiger partial charge in [-0.2, -0.15) is 0 Å². The van der Waals surface area contributed by atoms with Gasteiger partial charge in [-0.25, -0.2) is 0 Å². The first-order valence-electron chi connectivity index (χ1n) is 5.92. The number of fused-ring (bicyclic) bond motifs is 1. The molecule has 1 aromatic carbocycles. The zero-order chi connectivity index (χ0) is 13.1. The van der Waals surface area contributed by atoms with Crippen molar-refractivity contribution in [1.29, 1.82) is 0 Å². The van der Waals surface area contributed by atoms with Crippen LogP contribution in [0.2, 0.25) is 0 Å². The van der Waals surface area contributed by atoms with Crippen molar-refractivity contribution in [3.8, 4) is 17.2 Å². The van der Waals surface area contributed by atoms with Crippen LogP contribution < -0.4 is 14.2 Å². The average molecular weight is 255 g/mol. The molecule has 0 saturated heterocycles. The first kappa shape index (κ1) is 11.6. The number of methoxy groups -OCH3 is 1. The Bertz CT molecular complexity index is 623. The molecule has 0 amide bonds. The standard InChI is InChI=1S/C15H13NO3/c1-17-13-6-12(8-16-9-13)3-2-11-4-5-14-15(7-11)19-10-18-14/h2-9H,10H2,1H3/b3-2-. The van der Waals surface area contributed by atoms with Crippen LogP contribution in [-0.4, -0.2) is 18.9 Å². The van der Waals surface area contributed by atoms with Crippen LogP contribution in [-0.2, 0) is 0 Å². The molecule has 0 bridgehead atoms. The first-order chi connectivity index (χ1) is 9.35. The molecule has 3 rings (SSSR count). The van der Waals surface area contributed by atoms with Gasteiger partial charge in [0, 0.05) is 6.20 Å². The summed E-state index contributed by atoms with van der Waals surface area (Å²) in [4.78, 5) is 4.10. The molecule has 0 fully saturated rings. The van der Waals surface area contributed by atoms with E-state index in [0.29, 0.717) is 6.79 Å². The van der Waals surface area contributed by atoms with Crippen LogP contribution in [0.1, 0.15) is 11.1 Å². The SMILES string of the molecule is COc1cncc(/C=C\c2ccc3c(c2)OCO3)c1. The highest BCUT2D eigenvalue weighted by molar-refractivity contribution is 5.71. The second kappa shape index (κ2) is 5.02. The van der Waals surface area contributed by atoms with Gasteiger partial charge in [-0.1, -0.05) is 18.2 Å². The van der Waals surface area contributed by atoms with Gasteiger partial charge < -0.3 is 14.2 Å². The van der Waals surface area contributed by atoms with Gasteiger partial charge in [-0.3, -0.25) is 4.98 Å². The minimum Gasteiger partial charge on any atom is -0.495 e. The molecule has 0 saturated carbocycles. The number of pyridine rings is 1. The van der Waals surface area contributed by atoms with E-state index < -0.39 is 0 Å². The molecule has 96 valence electrons. The molecular formula is C15H13NO3. The molecule has 1 aromatic heterocycles. The van der Waals surface area contributed by atoms with Crippen molar-refractivity contribution in [3.05, 3.63) is 47.8 Å². The normalized spacial score (nSPS) is 12.9. The number of ether oxygens (including phenoxy) is 3. The third-order valence-electron chi connectivity index (χ3n) is 2.83. The lowest BCUT2D eigenvalue weighted by atomic mass is 10.1. The molecule has 0 unspecified atom stereocenters. The van der Waals surface area contributed by atoms with Crippen molar-refractivity contribution in [2.75, 3.05) is 13.9 Å². The van der Waals surface area contributed by atoms with E-state index in [0.717, 1.165) is 28.4 Å². The summed E-state index contributed by atoms with van der Waals surface area (Å²) in [6.45, 7) is 0.294. The lowest BCUT2D eigenvalue weighted by Crippen LogP contribution is -1.92. The fourth-order valence-corrected chi connectivity index (χ4v) is 1.85. The van der Waals surface area contributed by atoms with E-state index in [9.17, 15) is 0 Å². The van der Waals surface area contributed by atoms with E-state index >= 15 is 0 Å². The van der Waals surface area contributed by atoms with Crippen LogP contribution in [0.3, 0.4) is 0 Å². The fraction of sp³-hybridized carbons (Fsp3) is 0.133. The van der Waals surface area contributed by atoms with Crippen molar-refractivity contribution in [3.63, 3.8) is 0 Å². The maximum Gasteiger partial charge on any atom is 0.231 e. The summed E-state index contributed by atoms with van der Waals surface area (Å²) < 4.78 is 15.7. The summed E-state index contributed by atoms with van der Waals surface area (Å²) in [7, 11) is 1.63. The quantitative estimate of drug-likeness (QED) is 0.845. The van der Waals surface area contributed by atoms with Crippen LogP contribution in [0.4, 0.5) is 0 Å². The average Bonchev–Trinajstić information content (AvgIpc) is 2.93. The smallest absolute Gasteiger partial charge is 0.231 e. The molecule has 2 aromatic rings. The Morgan fingerprint density at radius 2 is 1.89 bits per heavy atom. The molecule has 19 heavy (non-hydrogen) atoms. The lowest BCUT2D eigenvalue weighted by Gasteiger charge is -2.00. The maximum absolute atomic E-state index is 5.34. The highest BCUT2D eigenvalue weighted by Crippen LogP contribution is 2.32. The van der Waals surface area contributed by atoms with Crippen molar-refractivity contribution in [2.45, 2.75) is 0 Å². The molecule has 0 radical (unpaired) electrons. The zero-order valence-electron chi connectivity index (χ0n) is 10.5. The molecule has 1 aliphatic heterocycles. The van der Waals surface area contributed by atoms with Gasteiger partial charge >= 0.3 is 0 Å². The molecule has 0 N–H and O–H groups in total. The highest BCUT2D eigenvalue weighted by Gasteiger charge is 2.12. The second-order valence-corrected chi connectivity index (χ2v) is 4.10. The molecule has 4 heteroatoms. The third-order valence-corrected chi connectivity index (χ3v) is 2.83. The Hall–Kier alpha value is -2.49. The number of benzene rings is 1. The minimum atomic E-state index is 0.294. The lowest BCUT2D eigenvalue weighted by molar-refractivity contribution is 0.174. The van der Waals surface area contributed by atoms with Crippen LogP contribution in [0.15, 0.2) is 36.7 Å². The van der Waals surface area contributed by atoms with Crippen molar-refractivity contribution in [1.82, 2.24) is 4.98 Å². The Morgan fingerprint density at radius 3 is 2.79 bits per heavy atom. The minimum absolute atomic E-state index is 0.294. The number of nitrogens with zero attached hydrogens (tertiary/aromatic N) is 1. The molecular weight excluding hydrogens is 242 g/mol. The predicted octanol–water partition coefficient (Wildman–Crippen LogP) is 2.99. The highest BCUT2D eigenvalue weighted by atomic mass is 16.7. The van der Waals surface area contributed by atoms with Gasteiger partial charge in [0.2, 0.25) is 6.79 Å². The maximum atomic E-state index is 5.34. The van der Waals surface area contributed by atoms with Crippen LogP contribution in [0.5, 0.6) is 17.2 Å². The molecule has 1 aliphatic rings. The van der Waals surface area contributed by atoms with E-state index in [2.05, 4.69) is 4.98 Å². The van der Waals surface area contributed by atoms with Crippen LogP contribution in [0.25, 0.3) is 12.2 Å². The Labute approximate surface area is 111 Å². The first-order valence-corrected chi connectivity index (χ1v) is 5.92. The van der Waals surface area contributed by atoms with Gasteiger partial charge in [0.25, 0.3) is 0 Å². The van der Waals surface area contributed by atoms with Crippen LogP contribution >= 0.6 is 0 Å². The molecule has 0 aliphatic carbocycles. The summed E-state index contributed by atoms with van der Waals surface area (Å²) in [5, 5.41) is 0. The van der Waals surface area contributed by atoms with E-state index in [1.165, 1.54) is 0 Å². The largest absolute Gasteiger partial charge is 0.495 e. The fourth-order valence-electron chi connectivity index (χ4n) is 1.85. The Balaban J connectivity index is 1.82. The van der Waals surface area contributed by atoms with Gasteiger partial charge in [0.05, 0.1) is 13.3 Å². The van der Waals surface area contributed by atoms with E-state index in [-0.39, 0.29) is 0 Å². The van der Waals surface area contributed by atoms with Crippen molar-refractivity contribution >= 4 is 12.2 Å². The van der Waals surface area contributed by atoms with Crippen molar-refractivity contribution < 1.29 is 14.2 Å². The number of hydrogen-bond donors (Lipinski definition) is 0. The van der Waals surface area contributed by atoms with E-state index in [1.807, 2.05) is 36.4 Å². The summed E-state index contributed by atoms with van der Waals surface area (Å²) in [5.74, 6) is 2.32. The van der Waals surface area contributed by atoms with E-state index in [1.54, 1.807) is 19.5 Å². The van der Waals surface area contributed by atoms with Gasteiger partial charge in [-0.15, -0.1) is 0 Å². The van der Waals surface area contributed by atoms with Gasteiger partial charge in [-0.05, 0) is 29.3 Å². The molecule has 0 atom stereocenters. The molecule has 4 nitrogen and oxygen atoms in total. The number of aromatic nitrogens is 1. The Morgan fingerprint density at radius 1 is 1.05 bits per heavy atom. The van der Waals surface area contributed by atoms with Gasteiger partial charge in [0.15, 0.2) is 11.5 Å². The van der Waals surface area contributed by atoms with E-state index in [4.69, 9.17) is 14.2 Å². The molecule has 2 heterocycles. The summed E-state index contributed by atoms with van der Waals surface area (Å²) in [6.07, 6.45) is 7.44. The van der Waals surface area contributed by atoms with Crippen molar-refractivity contribution in [2.24, 2.45) is 0 Å². The third kappa shape index (κ3) is 2.52. The number of hydrogen-bond acceptors (Lipinski definition) is 4. The van der Waals surface area contributed by atoms with Crippen LogP contribution in [0, 0.1) is 0 Å². The predicted molar refractivity (Wildman–Crippen MR) is 72.3 cm³/mol. The molecule has 0 spiro atoms. The Kier molecular flexibility index (Phi) is 3.06.